The average Bonchev–Trinajstić information content (AvgIpc) is 3.10. The van der Waals surface area contributed by atoms with Crippen molar-refractivity contribution >= 4 is 33.6 Å². The molecular weight excluding hydrogens is 458 g/mol. The maximum absolute atomic E-state index is 6.48. The Kier molecular flexibility index (Phi) is 7.29. The van der Waals surface area contributed by atoms with Crippen LogP contribution >= 0.6 is 23.4 Å². The zero-order chi connectivity index (χ0) is 24.6. The number of rotatable bonds is 7. The number of pyridine rings is 1. The topological polar surface area (TPSA) is 47.9 Å². The minimum atomic E-state index is 0.395. The molecule has 0 atom stereocenters. The van der Waals surface area contributed by atoms with Crippen molar-refractivity contribution in [1.29, 1.82) is 0 Å². The van der Waals surface area contributed by atoms with Gasteiger partial charge in [0.2, 0.25) is 5.88 Å². The first-order valence-corrected chi connectivity index (χ1v) is 13.4. The van der Waals surface area contributed by atoms with Gasteiger partial charge in [-0.15, -0.1) is 11.3 Å². The first kappa shape index (κ1) is 24.7. The summed E-state index contributed by atoms with van der Waals surface area (Å²) in [5.74, 6) is 2.56. The lowest BCUT2D eigenvalue weighted by atomic mass is 9.89. The van der Waals surface area contributed by atoms with E-state index in [0.29, 0.717) is 29.5 Å². The van der Waals surface area contributed by atoms with E-state index in [1.54, 1.807) is 23.7 Å². The number of benzene rings is 1. The minimum absolute atomic E-state index is 0.395. The molecule has 0 saturated carbocycles. The molecular formula is C28H33N3OS2. The molecule has 6 heteroatoms. The maximum Gasteiger partial charge on any atom is 0.250 e. The van der Waals surface area contributed by atoms with Crippen LogP contribution in [0.15, 0.2) is 41.6 Å². The lowest BCUT2D eigenvalue weighted by molar-refractivity contribution is 0.621. The molecule has 34 heavy (non-hydrogen) atoms. The number of nitrogens with zero attached hydrogens (tertiary/aromatic N) is 3. The van der Waals surface area contributed by atoms with Crippen molar-refractivity contribution < 1.29 is 4.18 Å². The number of thiophene rings is 1. The molecule has 0 N–H and O–H groups in total. The third-order valence-corrected chi connectivity index (χ3v) is 8.26. The highest BCUT2D eigenvalue weighted by atomic mass is 32.2. The van der Waals surface area contributed by atoms with E-state index < -0.39 is 0 Å². The van der Waals surface area contributed by atoms with Gasteiger partial charge in [0, 0.05) is 22.8 Å². The Labute approximate surface area is 211 Å². The molecule has 0 amide bonds. The summed E-state index contributed by atoms with van der Waals surface area (Å²) in [7, 11) is 0. The van der Waals surface area contributed by atoms with Gasteiger partial charge in [0.1, 0.15) is 4.70 Å². The fraction of sp³-hybridized carbons (Fsp3) is 0.393. The number of hydrogen-bond acceptors (Lipinski definition) is 6. The monoisotopic (exact) mass is 491 g/mol. The summed E-state index contributed by atoms with van der Waals surface area (Å²) in [6.45, 7) is 17.8. The van der Waals surface area contributed by atoms with Gasteiger partial charge >= 0.3 is 0 Å². The fourth-order valence-corrected chi connectivity index (χ4v) is 6.07. The number of fused-ring (bicyclic) bond motifs is 1. The van der Waals surface area contributed by atoms with Gasteiger partial charge in [-0.05, 0) is 66.0 Å². The third-order valence-electron chi connectivity index (χ3n) is 6.19. The van der Waals surface area contributed by atoms with Gasteiger partial charge in [0.15, 0.2) is 5.82 Å². The van der Waals surface area contributed by atoms with Crippen LogP contribution in [0.2, 0.25) is 0 Å². The molecule has 0 aliphatic heterocycles. The van der Waals surface area contributed by atoms with Crippen LogP contribution in [-0.2, 0) is 0 Å². The smallest absolute Gasteiger partial charge is 0.250 e. The molecule has 3 heterocycles. The molecule has 4 aromatic rings. The Balaban J connectivity index is 1.82. The van der Waals surface area contributed by atoms with E-state index in [-0.39, 0.29) is 0 Å². The summed E-state index contributed by atoms with van der Waals surface area (Å²) in [4.78, 5) is 16.3. The normalized spacial score (nSPS) is 11.9. The molecule has 0 aliphatic carbocycles. The zero-order valence-corrected chi connectivity index (χ0v) is 22.9. The Morgan fingerprint density at radius 3 is 2.03 bits per heavy atom. The number of hydrogen-bond donors (Lipinski definition) is 0. The summed E-state index contributed by atoms with van der Waals surface area (Å²) in [5, 5.41) is 0. The Morgan fingerprint density at radius 2 is 1.47 bits per heavy atom. The molecule has 0 unspecified atom stereocenters. The second-order valence-corrected chi connectivity index (χ2v) is 11.7. The third kappa shape index (κ3) is 4.84. The van der Waals surface area contributed by atoms with Gasteiger partial charge in [-0.25, -0.2) is 4.98 Å². The molecule has 0 bridgehead atoms. The van der Waals surface area contributed by atoms with Crippen LogP contribution in [0.4, 0.5) is 0 Å². The highest BCUT2D eigenvalue weighted by Crippen LogP contribution is 2.42. The van der Waals surface area contributed by atoms with Crippen molar-refractivity contribution in [3.05, 3.63) is 63.8 Å². The van der Waals surface area contributed by atoms with E-state index in [1.807, 2.05) is 12.1 Å². The predicted molar refractivity (Wildman–Crippen MR) is 145 cm³/mol. The Hall–Kier alpha value is -2.44. The molecule has 1 aromatic carbocycles. The maximum atomic E-state index is 6.48. The quantitative estimate of drug-likeness (QED) is 0.242. The van der Waals surface area contributed by atoms with E-state index in [2.05, 4.69) is 72.5 Å². The van der Waals surface area contributed by atoms with Gasteiger partial charge < -0.3 is 4.18 Å². The molecule has 3 aromatic heterocycles. The second-order valence-electron chi connectivity index (χ2n) is 9.71. The van der Waals surface area contributed by atoms with Crippen LogP contribution in [0, 0.1) is 13.8 Å². The molecule has 0 spiro atoms. The summed E-state index contributed by atoms with van der Waals surface area (Å²) in [6, 6.07) is 8.57. The molecule has 0 aliphatic rings. The predicted octanol–water partition coefficient (Wildman–Crippen LogP) is 8.83. The van der Waals surface area contributed by atoms with Crippen LogP contribution in [0.3, 0.4) is 0 Å². The first-order chi connectivity index (χ1) is 16.2. The van der Waals surface area contributed by atoms with Crippen molar-refractivity contribution in [3.8, 4) is 17.3 Å². The largest absolute Gasteiger partial charge is 0.399 e. The number of aromatic nitrogens is 3. The van der Waals surface area contributed by atoms with Gasteiger partial charge in [0.05, 0.1) is 22.5 Å². The molecule has 4 rings (SSSR count). The summed E-state index contributed by atoms with van der Waals surface area (Å²) in [5.41, 5.74) is 7.12. The zero-order valence-electron chi connectivity index (χ0n) is 21.3. The van der Waals surface area contributed by atoms with E-state index in [1.165, 1.54) is 44.1 Å². The van der Waals surface area contributed by atoms with Crippen molar-refractivity contribution in [1.82, 2.24) is 15.0 Å². The Bertz CT molecular complexity index is 1280. The van der Waals surface area contributed by atoms with Crippen molar-refractivity contribution in [2.75, 3.05) is 0 Å². The standard InChI is InChI=1S/C28H33N3OS2/c1-15(2)21-13-22(16(3)4)25(23(14-21)17(5)6)34-32-28-26-24(18(7)19(8)33-26)30-27(31-28)20-9-11-29-12-10-20/h9-17H,1-8H3. The van der Waals surface area contributed by atoms with E-state index >= 15 is 0 Å². The minimum Gasteiger partial charge on any atom is -0.399 e. The molecule has 0 fully saturated rings. The van der Waals surface area contributed by atoms with Gasteiger partial charge in [-0.1, -0.05) is 53.7 Å². The van der Waals surface area contributed by atoms with E-state index in [4.69, 9.17) is 14.2 Å². The SMILES string of the molecule is Cc1sc2c(OSc3c(C(C)C)cc(C(C)C)cc3C(C)C)nc(-c3ccncc3)nc2c1C. The van der Waals surface area contributed by atoms with Crippen LogP contribution in [-0.4, -0.2) is 15.0 Å². The molecule has 178 valence electrons. The highest BCUT2D eigenvalue weighted by Gasteiger charge is 2.21. The summed E-state index contributed by atoms with van der Waals surface area (Å²) < 4.78 is 7.47. The van der Waals surface area contributed by atoms with E-state index in [0.717, 1.165) is 15.8 Å². The van der Waals surface area contributed by atoms with Gasteiger partial charge in [0.25, 0.3) is 0 Å². The van der Waals surface area contributed by atoms with Crippen molar-refractivity contribution in [2.24, 2.45) is 0 Å². The van der Waals surface area contributed by atoms with Crippen LogP contribution in [0.1, 0.15) is 86.4 Å². The molecule has 0 saturated heterocycles. The summed E-state index contributed by atoms with van der Waals surface area (Å²) >= 11 is 3.14. The van der Waals surface area contributed by atoms with Gasteiger partial charge in [-0.3, -0.25) is 4.98 Å². The lowest BCUT2D eigenvalue weighted by Crippen LogP contribution is -2.04. The van der Waals surface area contributed by atoms with Crippen molar-refractivity contribution in [3.63, 3.8) is 0 Å². The molecule has 4 nitrogen and oxygen atoms in total. The Morgan fingerprint density at radius 1 is 0.853 bits per heavy atom. The second kappa shape index (κ2) is 10.0. The summed E-state index contributed by atoms with van der Waals surface area (Å²) in [6.07, 6.45) is 3.54. The number of aryl methyl sites for hydroxylation is 2. The van der Waals surface area contributed by atoms with Crippen LogP contribution < -0.4 is 4.18 Å². The van der Waals surface area contributed by atoms with E-state index in [9.17, 15) is 0 Å². The average molecular weight is 492 g/mol. The lowest BCUT2D eigenvalue weighted by Gasteiger charge is -2.21. The first-order valence-electron chi connectivity index (χ1n) is 11.9. The van der Waals surface area contributed by atoms with Crippen molar-refractivity contribution in [2.45, 2.75) is 78.0 Å². The fourth-order valence-electron chi connectivity index (χ4n) is 3.93. The van der Waals surface area contributed by atoms with Crippen LogP contribution in [0.5, 0.6) is 5.88 Å². The molecule has 0 radical (unpaired) electrons. The van der Waals surface area contributed by atoms with Crippen LogP contribution in [0.25, 0.3) is 21.6 Å². The van der Waals surface area contributed by atoms with Gasteiger partial charge in [-0.2, -0.15) is 4.98 Å². The highest BCUT2D eigenvalue weighted by molar-refractivity contribution is 7.95.